The normalized spacial score (nSPS) is 16.6. The summed E-state index contributed by atoms with van der Waals surface area (Å²) in [6.07, 6.45) is 8.76. The topological polar surface area (TPSA) is 261 Å². The van der Waals surface area contributed by atoms with E-state index in [1.807, 2.05) is 60.7 Å². The number of aromatic nitrogens is 4. The van der Waals surface area contributed by atoms with Crippen LogP contribution in [0.5, 0.6) is 0 Å². The van der Waals surface area contributed by atoms with E-state index in [0.29, 0.717) is 95.4 Å². The summed E-state index contributed by atoms with van der Waals surface area (Å²) < 4.78 is 59.2. The van der Waals surface area contributed by atoms with Crippen LogP contribution in [-0.4, -0.2) is 118 Å². The minimum absolute atomic E-state index is 0.118. The van der Waals surface area contributed by atoms with Crippen LogP contribution in [-0.2, 0) is 29.6 Å². The minimum atomic E-state index is -3.71. The summed E-state index contributed by atoms with van der Waals surface area (Å²) in [6, 6.07) is 22.3. The Labute approximate surface area is 446 Å². The molecule has 2 heterocycles. The van der Waals surface area contributed by atoms with Crippen LogP contribution in [0.15, 0.2) is 81.7 Å². The van der Waals surface area contributed by atoms with Gasteiger partial charge in [-0.25, -0.2) is 26.2 Å². The summed E-state index contributed by atoms with van der Waals surface area (Å²) in [7, 11) is -4.08. The number of rotatable bonds is 19. The van der Waals surface area contributed by atoms with Crippen molar-refractivity contribution >= 4 is 109 Å². The highest BCUT2D eigenvalue weighted by Gasteiger charge is 2.38. The summed E-state index contributed by atoms with van der Waals surface area (Å²) >= 11 is 6.86. The van der Waals surface area contributed by atoms with E-state index in [1.54, 1.807) is 35.6 Å². The molecule has 0 aliphatic heterocycles. The van der Waals surface area contributed by atoms with E-state index in [1.165, 1.54) is 14.9 Å². The molecule has 3 fully saturated rings. The number of carbonyl (C=O) groups is 4. The zero-order valence-corrected chi connectivity index (χ0v) is 46.3. The molecular formula is C51H60Br2N10O9S2. The van der Waals surface area contributed by atoms with E-state index in [4.69, 9.17) is 15.9 Å². The lowest BCUT2D eigenvalue weighted by Gasteiger charge is -2.25. The predicted molar refractivity (Wildman–Crippen MR) is 292 cm³/mol. The average Bonchev–Trinajstić information content (AvgIpc) is 4.27. The van der Waals surface area contributed by atoms with E-state index in [0.717, 1.165) is 57.7 Å². The molecule has 0 bridgehead atoms. The Hall–Kier alpha value is -5.88. The van der Waals surface area contributed by atoms with Crippen molar-refractivity contribution in [3.63, 3.8) is 0 Å². The zero-order valence-electron chi connectivity index (χ0n) is 41.5. The SMILES string of the molecule is CNC(=O)c1c2cc(C3CC3)c(N(CCCN)S(C)(=O)=O)cc2nn1-c1ccc(Br)cc1.CNC(=O)c1c2cc(C3CC3)c(N(CCCNC(=O)[C@H]3CCC[C@H]3C(=O)O)S(C)(=O)=O)cc2nn1-c1ccc(Br)cc1. The molecule has 0 saturated heterocycles. The number of fused-ring (bicyclic) bond motifs is 2. The number of amides is 3. The third kappa shape index (κ3) is 12.0. The lowest BCUT2D eigenvalue weighted by molar-refractivity contribution is -0.146. The molecule has 2 aromatic heterocycles. The third-order valence-electron chi connectivity index (χ3n) is 13.6. The molecule has 6 N–H and O–H groups in total. The highest BCUT2D eigenvalue weighted by Crippen LogP contribution is 2.48. The van der Waals surface area contributed by atoms with Crippen LogP contribution in [0.25, 0.3) is 33.2 Å². The molecule has 0 unspecified atom stereocenters. The van der Waals surface area contributed by atoms with Crippen molar-refractivity contribution in [3.05, 3.63) is 104 Å². The molecule has 6 aromatic rings. The number of nitrogens with zero attached hydrogens (tertiary/aromatic N) is 6. The lowest BCUT2D eigenvalue weighted by Crippen LogP contribution is -2.38. The van der Waals surface area contributed by atoms with E-state index in [2.05, 4.69) is 47.8 Å². The van der Waals surface area contributed by atoms with Crippen LogP contribution in [0.4, 0.5) is 11.4 Å². The van der Waals surface area contributed by atoms with Crippen LogP contribution in [0, 0.1) is 11.8 Å². The Morgan fingerprint density at radius 3 is 1.46 bits per heavy atom. The van der Waals surface area contributed by atoms with Crippen LogP contribution in [0.3, 0.4) is 0 Å². The third-order valence-corrected chi connectivity index (χ3v) is 17.0. The van der Waals surface area contributed by atoms with E-state index >= 15 is 0 Å². The fourth-order valence-electron chi connectivity index (χ4n) is 9.66. The van der Waals surface area contributed by atoms with Gasteiger partial charge >= 0.3 is 5.97 Å². The first-order chi connectivity index (χ1) is 35.2. The number of carboxylic acid groups (broad SMARTS) is 1. The van der Waals surface area contributed by atoms with Crippen LogP contribution >= 0.6 is 31.9 Å². The number of aliphatic carboxylic acids is 1. The number of benzene rings is 4. The molecule has 0 spiro atoms. The Kier molecular flexibility index (Phi) is 16.6. The molecule has 3 aliphatic rings. The number of halogens is 2. The Balaban J connectivity index is 0.000000204. The van der Waals surface area contributed by atoms with Gasteiger partial charge in [-0.2, -0.15) is 10.2 Å². The number of hydrogen-bond acceptors (Lipinski definition) is 11. The number of hydrogen-bond donors (Lipinski definition) is 5. The Morgan fingerprint density at radius 2 is 1.08 bits per heavy atom. The number of anilines is 2. The maximum atomic E-state index is 13.1. The molecule has 19 nitrogen and oxygen atoms in total. The number of sulfonamides is 2. The molecule has 3 aliphatic carbocycles. The van der Waals surface area contributed by atoms with Crippen molar-refractivity contribution in [2.45, 2.75) is 69.6 Å². The number of nitrogens with one attached hydrogen (secondary N) is 3. The van der Waals surface area contributed by atoms with Gasteiger partial charge in [0.1, 0.15) is 11.4 Å². The Bertz CT molecular complexity index is 3340. The largest absolute Gasteiger partial charge is 0.481 e. The summed E-state index contributed by atoms with van der Waals surface area (Å²) in [5.41, 5.74) is 11.8. The lowest BCUT2D eigenvalue weighted by atomic mass is 9.95. The second-order valence-corrected chi connectivity index (χ2v) is 24.6. The number of carbonyl (C=O) groups excluding carboxylic acids is 3. The second-order valence-electron chi connectivity index (χ2n) is 19.0. The molecule has 0 radical (unpaired) electrons. The molecule has 2 atom stereocenters. The van der Waals surface area contributed by atoms with E-state index in [9.17, 15) is 41.1 Å². The first kappa shape index (κ1) is 54.4. The van der Waals surface area contributed by atoms with Crippen LogP contribution < -0.4 is 30.3 Å². The minimum Gasteiger partial charge on any atom is -0.481 e. The molecule has 9 rings (SSSR count). The standard InChI is InChI=1S/C29H34BrN5O6S.C22H26BrN5O3S/c1-31-28(37)26-23-15-22(17-7-8-17)25(16-24(23)33-35(26)19-11-9-18(30)10-12-19)34(42(2,40)41)14-4-13-32-27(36)20-5-3-6-21(20)29(38)39;1-25-22(29)21-18-12-17(14-4-5-14)20(27(11-3-10-24)32(2,30)31)13-19(18)26-28(21)16-8-6-15(23)7-9-16/h9-12,15-17,20-21H,3-8,13-14H2,1-2H3,(H,31,37)(H,32,36)(H,38,39);6-9,12-14H,3-5,10-11,24H2,1-2H3,(H,25,29)/t20-,21+;/m0./s1. The fraction of sp³-hybridized carbons (Fsp3) is 0.412. The molecule has 23 heteroatoms. The van der Waals surface area contributed by atoms with Crippen LogP contribution in [0.2, 0.25) is 0 Å². The smallest absolute Gasteiger partial charge is 0.307 e. The highest BCUT2D eigenvalue weighted by molar-refractivity contribution is 9.10. The second kappa shape index (κ2) is 22.5. The van der Waals surface area contributed by atoms with Crippen LogP contribution in [0.1, 0.15) is 102 Å². The highest BCUT2D eigenvalue weighted by atomic mass is 79.9. The Morgan fingerprint density at radius 1 is 0.662 bits per heavy atom. The van der Waals surface area contributed by atoms with Crippen molar-refractivity contribution in [2.75, 3.05) is 61.4 Å². The van der Waals surface area contributed by atoms with Crippen molar-refractivity contribution in [1.29, 1.82) is 0 Å². The molecule has 394 valence electrons. The monoisotopic (exact) mass is 1180 g/mol. The van der Waals surface area contributed by atoms with Gasteiger partial charge in [0.25, 0.3) is 11.8 Å². The predicted octanol–water partition coefficient (Wildman–Crippen LogP) is 6.94. The molecule has 3 saturated carbocycles. The zero-order chi connectivity index (χ0) is 53.2. The van der Waals surface area contributed by atoms with Gasteiger partial charge in [-0.1, -0.05) is 38.3 Å². The van der Waals surface area contributed by atoms with Gasteiger partial charge in [0.15, 0.2) is 0 Å². The van der Waals surface area contributed by atoms with Crippen molar-refractivity contribution in [3.8, 4) is 11.4 Å². The van der Waals surface area contributed by atoms with Gasteiger partial charge < -0.3 is 26.8 Å². The molecule has 3 amide bonds. The summed E-state index contributed by atoms with van der Waals surface area (Å²) in [4.78, 5) is 50.1. The molecule has 4 aromatic carbocycles. The number of nitrogens with two attached hydrogens (primary N) is 1. The summed E-state index contributed by atoms with van der Waals surface area (Å²) in [6.45, 7) is 1.03. The van der Waals surface area contributed by atoms with E-state index in [-0.39, 0.29) is 42.6 Å². The quantitative estimate of drug-likeness (QED) is 0.0517. The first-order valence-electron chi connectivity index (χ1n) is 24.5. The van der Waals surface area contributed by atoms with Crippen molar-refractivity contribution in [1.82, 2.24) is 35.5 Å². The van der Waals surface area contributed by atoms with Gasteiger partial charge in [0.05, 0.1) is 58.1 Å². The van der Waals surface area contributed by atoms with Crippen molar-refractivity contribution < 1.29 is 41.1 Å². The summed E-state index contributed by atoms with van der Waals surface area (Å²) in [5, 5.41) is 28.4. The van der Waals surface area contributed by atoms with Gasteiger partial charge in [-0.15, -0.1) is 0 Å². The fourth-order valence-corrected chi connectivity index (χ4v) is 12.1. The van der Waals surface area contributed by atoms with Gasteiger partial charge in [0, 0.05) is 53.4 Å². The average molecular weight is 1180 g/mol. The van der Waals surface area contributed by atoms with E-state index < -0.39 is 37.9 Å². The molecule has 74 heavy (non-hydrogen) atoms. The maximum Gasteiger partial charge on any atom is 0.307 e. The first-order valence-corrected chi connectivity index (χ1v) is 29.8. The van der Waals surface area contributed by atoms with Gasteiger partial charge in [-0.3, -0.25) is 27.8 Å². The maximum absolute atomic E-state index is 13.1. The van der Waals surface area contributed by atoms with Gasteiger partial charge in [-0.05, 0) is 154 Å². The molecular weight excluding hydrogens is 1120 g/mol. The van der Waals surface area contributed by atoms with Crippen molar-refractivity contribution in [2.24, 2.45) is 17.6 Å². The van der Waals surface area contributed by atoms with Gasteiger partial charge in [0.2, 0.25) is 26.0 Å². The summed E-state index contributed by atoms with van der Waals surface area (Å²) in [5.74, 6) is -2.63. The number of carboxylic acids is 1.